The lowest BCUT2D eigenvalue weighted by Crippen LogP contribution is -2.22. The number of carboxylic acids is 1. The Labute approximate surface area is 226 Å². The van der Waals surface area contributed by atoms with E-state index in [4.69, 9.17) is 21.4 Å². The molecule has 1 aliphatic rings. The number of aliphatic carboxylic acids is 1. The van der Waals surface area contributed by atoms with Crippen LogP contribution >= 0.6 is 11.6 Å². The number of unbranched alkanes of at least 4 members (excludes halogenated alkanes) is 1. The van der Waals surface area contributed by atoms with Crippen LogP contribution in [0.2, 0.25) is 5.02 Å². The zero-order valence-corrected chi connectivity index (χ0v) is 21.9. The van der Waals surface area contributed by atoms with E-state index in [1.54, 1.807) is 19.1 Å². The number of rotatable bonds is 12. The number of ether oxygens (including phenoxy) is 2. The van der Waals surface area contributed by atoms with E-state index in [0.717, 1.165) is 54.7 Å². The second kappa shape index (κ2) is 16.7. The molecule has 0 aliphatic carbocycles. The number of benzene rings is 2. The number of nitrogens with one attached hydrogen (secondary N) is 1. The summed E-state index contributed by atoms with van der Waals surface area (Å²) >= 11 is 6.26. The molecular formula is C28H31ClN2O7. The predicted octanol–water partition coefficient (Wildman–Crippen LogP) is 4.46. The second-order valence-corrected chi connectivity index (χ2v) is 8.42. The summed E-state index contributed by atoms with van der Waals surface area (Å²) in [4.78, 5) is 45.1. The topological polar surface area (TPSA) is 122 Å². The Hall–Kier alpha value is -3.95. The van der Waals surface area contributed by atoms with Crippen LogP contribution in [0.3, 0.4) is 0 Å². The summed E-state index contributed by atoms with van der Waals surface area (Å²) < 4.78 is 8.75. The molecule has 2 N–H and O–H groups in total. The monoisotopic (exact) mass is 542 g/mol. The molecule has 1 heterocycles. The van der Waals surface area contributed by atoms with Crippen LogP contribution in [-0.4, -0.2) is 55.5 Å². The van der Waals surface area contributed by atoms with Gasteiger partial charge in [0.25, 0.3) is 6.47 Å². The van der Waals surface area contributed by atoms with Gasteiger partial charge in [0.15, 0.2) is 5.78 Å². The average molecular weight is 543 g/mol. The number of anilines is 2. The molecule has 0 unspecified atom stereocenters. The first-order chi connectivity index (χ1) is 18.4. The Kier molecular flexibility index (Phi) is 13.3. The normalized spacial score (nSPS) is 12.3. The number of fused-ring (bicyclic) bond motifs is 2. The number of ketones is 1. The lowest BCUT2D eigenvalue weighted by atomic mass is 10.0. The van der Waals surface area contributed by atoms with E-state index in [-0.39, 0.29) is 18.2 Å². The van der Waals surface area contributed by atoms with E-state index in [1.165, 1.54) is 6.08 Å². The van der Waals surface area contributed by atoms with Crippen LogP contribution in [0, 0.1) is 0 Å². The smallest absolute Gasteiger partial charge is 0.331 e. The molecule has 0 radical (unpaired) electrons. The molecule has 0 spiro atoms. The Bertz CT molecular complexity index is 1160. The van der Waals surface area contributed by atoms with Crippen LogP contribution in [-0.2, 0) is 30.3 Å². The molecule has 0 saturated heterocycles. The largest absolute Gasteiger partial charge is 0.478 e. The van der Waals surface area contributed by atoms with Crippen LogP contribution in [0.4, 0.5) is 11.4 Å². The molecule has 10 heteroatoms. The first-order valence-corrected chi connectivity index (χ1v) is 12.5. The van der Waals surface area contributed by atoms with Gasteiger partial charge in [0, 0.05) is 41.9 Å². The van der Waals surface area contributed by atoms with E-state index in [1.807, 2.05) is 30.3 Å². The van der Waals surface area contributed by atoms with Gasteiger partial charge in [0.2, 0.25) is 0 Å². The van der Waals surface area contributed by atoms with Crippen LogP contribution < -0.4 is 10.2 Å². The highest BCUT2D eigenvalue weighted by molar-refractivity contribution is 6.31. The van der Waals surface area contributed by atoms with Crippen molar-refractivity contribution in [3.8, 4) is 0 Å². The van der Waals surface area contributed by atoms with Crippen molar-refractivity contribution in [2.75, 3.05) is 31.1 Å². The molecule has 202 valence electrons. The highest BCUT2D eigenvalue weighted by atomic mass is 35.5. The van der Waals surface area contributed by atoms with E-state index < -0.39 is 5.97 Å². The Morgan fingerprint density at radius 2 is 1.92 bits per heavy atom. The number of carbonyl (C=O) groups excluding carboxylic acids is 3. The standard InChI is InChI=1S/C24H27ClN2O3.C4H4O4/c1-2-30-24(29)10-7-14-26-13-5-6-15-27-21-9-4-3-8-18(21)16-23(28)20-12-11-19(25)17-22(20)27;5-3-8-2-1-4(6)7/h3-4,7-12,17,26H,2,5-6,13-16H2,1H3;1-3H,(H,6,7)/b10-7+;2-1-. The summed E-state index contributed by atoms with van der Waals surface area (Å²) in [5.74, 6) is -1.34. The van der Waals surface area contributed by atoms with Gasteiger partial charge in [-0.2, -0.15) is 0 Å². The third-order valence-electron chi connectivity index (χ3n) is 5.32. The van der Waals surface area contributed by atoms with Crippen molar-refractivity contribution >= 4 is 47.2 Å². The number of nitrogens with zero attached hydrogens (tertiary/aromatic N) is 1. The molecule has 2 aromatic carbocycles. The van der Waals surface area contributed by atoms with Crippen molar-refractivity contribution in [1.29, 1.82) is 0 Å². The van der Waals surface area contributed by atoms with Crippen molar-refractivity contribution in [1.82, 2.24) is 5.32 Å². The molecular weight excluding hydrogens is 512 g/mol. The van der Waals surface area contributed by atoms with Gasteiger partial charge in [0.05, 0.1) is 18.4 Å². The highest BCUT2D eigenvalue weighted by Crippen LogP contribution is 2.37. The lowest BCUT2D eigenvalue weighted by Gasteiger charge is -2.27. The number of para-hydroxylation sites is 1. The molecule has 2 aromatic rings. The minimum atomic E-state index is -1.15. The number of Topliss-reactive ketones (excluding diaryl/α,β-unsaturated/α-hetero) is 1. The van der Waals surface area contributed by atoms with Crippen LogP contribution in [0.25, 0.3) is 0 Å². The maximum Gasteiger partial charge on any atom is 0.331 e. The summed E-state index contributed by atoms with van der Waals surface area (Å²) in [6.07, 6.45) is 7.04. The SMILES string of the molecule is CCOC(=O)/C=C/CNCCCCN1c2ccccc2CC(=O)c2ccc(Cl)cc21.O=CO/C=C\C(=O)O. The maximum atomic E-state index is 12.8. The van der Waals surface area contributed by atoms with E-state index in [0.29, 0.717) is 30.7 Å². The number of halogens is 1. The van der Waals surface area contributed by atoms with E-state index in [2.05, 4.69) is 21.0 Å². The van der Waals surface area contributed by atoms with Gasteiger partial charge in [-0.05, 0) is 56.1 Å². The number of esters is 1. The van der Waals surface area contributed by atoms with Crippen LogP contribution in [0.1, 0.15) is 35.7 Å². The fourth-order valence-electron chi connectivity index (χ4n) is 3.71. The Balaban J connectivity index is 0.000000550. The fourth-order valence-corrected chi connectivity index (χ4v) is 3.87. The zero-order valence-electron chi connectivity index (χ0n) is 21.1. The van der Waals surface area contributed by atoms with Crippen molar-refractivity contribution in [2.24, 2.45) is 0 Å². The van der Waals surface area contributed by atoms with Crippen molar-refractivity contribution in [3.05, 3.63) is 83.1 Å². The molecule has 0 aromatic heterocycles. The van der Waals surface area contributed by atoms with Crippen LogP contribution in [0.5, 0.6) is 0 Å². The zero-order chi connectivity index (χ0) is 27.8. The third kappa shape index (κ3) is 10.2. The van der Waals surface area contributed by atoms with Crippen molar-refractivity contribution in [2.45, 2.75) is 26.2 Å². The third-order valence-corrected chi connectivity index (χ3v) is 5.55. The summed E-state index contributed by atoms with van der Waals surface area (Å²) in [5, 5.41) is 11.8. The maximum absolute atomic E-state index is 12.8. The van der Waals surface area contributed by atoms with Gasteiger partial charge < -0.3 is 24.8 Å². The highest BCUT2D eigenvalue weighted by Gasteiger charge is 2.25. The van der Waals surface area contributed by atoms with Gasteiger partial charge in [-0.1, -0.05) is 35.9 Å². The first-order valence-electron chi connectivity index (χ1n) is 12.1. The van der Waals surface area contributed by atoms with E-state index in [9.17, 15) is 19.2 Å². The Morgan fingerprint density at radius 1 is 1.13 bits per heavy atom. The molecule has 9 nitrogen and oxygen atoms in total. The summed E-state index contributed by atoms with van der Waals surface area (Å²) in [6.45, 7) is 4.56. The molecule has 0 saturated carbocycles. The molecule has 38 heavy (non-hydrogen) atoms. The molecule has 3 rings (SSSR count). The minimum Gasteiger partial charge on any atom is -0.478 e. The summed E-state index contributed by atoms with van der Waals surface area (Å²) in [7, 11) is 0. The van der Waals surface area contributed by atoms with Crippen molar-refractivity contribution in [3.63, 3.8) is 0 Å². The molecule has 0 amide bonds. The molecule has 1 aliphatic heterocycles. The number of hydrogen-bond donors (Lipinski definition) is 2. The molecule has 0 bridgehead atoms. The quantitative estimate of drug-likeness (QED) is 0.131. The van der Waals surface area contributed by atoms with Gasteiger partial charge >= 0.3 is 11.9 Å². The van der Waals surface area contributed by atoms with Gasteiger partial charge in [-0.25, -0.2) is 9.59 Å². The second-order valence-electron chi connectivity index (χ2n) is 7.98. The molecule has 0 fully saturated rings. The van der Waals surface area contributed by atoms with Gasteiger partial charge in [-0.3, -0.25) is 9.59 Å². The minimum absolute atomic E-state index is 0.117. The van der Waals surface area contributed by atoms with Crippen LogP contribution in [0.15, 0.2) is 67.0 Å². The fraction of sp³-hybridized carbons (Fsp3) is 0.286. The summed E-state index contributed by atoms with van der Waals surface area (Å²) in [6, 6.07) is 13.6. The summed E-state index contributed by atoms with van der Waals surface area (Å²) in [5.41, 5.74) is 3.70. The number of hydrogen-bond acceptors (Lipinski definition) is 8. The Morgan fingerprint density at radius 3 is 2.66 bits per heavy atom. The first kappa shape index (κ1) is 30.3. The number of carboxylic acid groups (broad SMARTS) is 1. The lowest BCUT2D eigenvalue weighted by molar-refractivity contribution is -0.137. The average Bonchev–Trinajstić information content (AvgIpc) is 2.99. The van der Waals surface area contributed by atoms with Crippen molar-refractivity contribution < 1.29 is 33.8 Å². The van der Waals surface area contributed by atoms with Gasteiger partial charge in [-0.15, -0.1) is 0 Å². The van der Waals surface area contributed by atoms with Gasteiger partial charge in [0.1, 0.15) is 6.26 Å². The predicted molar refractivity (Wildman–Crippen MR) is 145 cm³/mol. The molecule has 0 atom stereocenters. The van der Waals surface area contributed by atoms with E-state index >= 15 is 0 Å². The number of carbonyl (C=O) groups is 4.